The third-order valence-electron chi connectivity index (χ3n) is 2.68. The molecule has 96 valence electrons. The highest BCUT2D eigenvalue weighted by atomic mass is 16.5. The number of carbonyl (C=O) groups is 1. The Morgan fingerprint density at radius 3 is 2.37 bits per heavy atom. The quantitative estimate of drug-likeness (QED) is 0.848. The Morgan fingerprint density at radius 2 is 1.74 bits per heavy atom. The van der Waals surface area contributed by atoms with Gasteiger partial charge in [0.15, 0.2) is 0 Å². The van der Waals surface area contributed by atoms with Gasteiger partial charge in [0.05, 0.1) is 12.7 Å². The molecule has 0 aliphatic rings. The maximum absolute atomic E-state index is 11.0. The summed E-state index contributed by atoms with van der Waals surface area (Å²) in [4.78, 5) is 11.0. The normalized spacial score (nSPS) is 10.6. The molecule has 2 aromatic carbocycles. The Hall–Kier alpha value is -2.55. The van der Waals surface area contributed by atoms with Crippen molar-refractivity contribution in [2.75, 3.05) is 7.11 Å². The lowest BCUT2D eigenvalue weighted by atomic mass is 10.1. The Balaban J connectivity index is 2.32. The number of aromatic carboxylic acids is 1. The Morgan fingerprint density at radius 1 is 1.05 bits per heavy atom. The van der Waals surface area contributed by atoms with Crippen LogP contribution >= 0.6 is 0 Å². The van der Waals surface area contributed by atoms with Crippen LogP contribution in [-0.2, 0) is 0 Å². The largest absolute Gasteiger partial charge is 0.497 e. The molecule has 0 aliphatic carbocycles. The second-order valence-electron chi connectivity index (χ2n) is 4.04. The smallest absolute Gasteiger partial charge is 0.335 e. The minimum Gasteiger partial charge on any atom is -0.497 e. The Bertz CT molecular complexity index is 601. The van der Waals surface area contributed by atoms with Crippen molar-refractivity contribution in [3.05, 3.63) is 65.2 Å². The van der Waals surface area contributed by atoms with Crippen LogP contribution < -0.4 is 4.74 Å². The zero-order valence-electron chi connectivity index (χ0n) is 10.5. The van der Waals surface area contributed by atoms with Gasteiger partial charge in [-0.1, -0.05) is 42.5 Å². The molecule has 3 nitrogen and oxygen atoms in total. The lowest BCUT2D eigenvalue weighted by Crippen LogP contribution is -1.97. The number of rotatable bonds is 4. The van der Waals surface area contributed by atoms with E-state index in [1.54, 1.807) is 12.1 Å². The minimum absolute atomic E-state index is 0.215. The first-order chi connectivity index (χ1) is 9.19. The monoisotopic (exact) mass is 254 g/mol. The highest BCUT2D eigenvalue weighted by molar-refractivity contribution is 5.89. The number of methoxy groups -OCH3 is 1. The summed E-state index contributed by atoms with van der Waals surface area (Å²) in [6, 6.07) is 14.7. The van der Waals surface area contributed by atoms with Crippen molar-refractivity contribution in [1.29, 1.82) is 0 Å². The van der Waals surface area contributed by atoms with Crippen LogP contribution in [-0.4, -0.2) is 18.2 Å². The van der Waals surface area contributed by atoms with E-state index in [4.69, 9.17) is 9.84 Å². The molecule has 2 rings (SSSR count). The van der Waals surface area contributed by atoms with Crippen LogP contribution in [0.2, 0.25) is 0 Å². The third kappa shape index (κ3) is 3.45. The van der Waals surface area contributed by atoms with Crippen LogP contribution in [0.4, 0.5) is 0 Å². The first-order valence-electron chi connectivity index (χ1n) is 5.84. The maximum atomic E-state index is 11.0. The van der Waals surface area contributed by atoms with Crippen molar-refractivity contribution in [3.8, 4) is 5.75 Å². The summed E-state index contributed by atoms with van der Waals surface area (Å²) in [7, 11) is 1.52. The molecule has 0 saturated heterocycles. The molecule has 0 aromatic heterocycles. The molecule has 0 heterocycles. The van der Waals surface area contributed by atoms with Gasteiger partial charge in [-0.25, -0.2) is 4.79 Å². The molecule has 19 heavy (non-hydrogen) atoms. The topological polar surface area (TPSA) is 46.5 Å². The number of carboxylic acids is 1. The predicted octanol–water partition coefficient (Wildman–Crippen LogP) is 3.56. The molecule has 0 atom stereocenters. The van der Waals surface area contributed by atoms with Gasteiger partial charge >= 0.3 is 5.97 Å². The first-order valence-corrected chi connectivity index (χ1v) is 5.84. The zero-order valence-corrected chi connectivity index (χ0v) is 10.5. The van der Waals surface area contributed by atoms with Gasteiger partial charge in [0.1, 0.15) is 5.75 Å². The molecule has 0 amide bonds. The summed E-state index contributed by atoms with van der Waals surface area (Å²) in [5.74, 6) is -0.430. The van der Waals surface area contributed by atoms with E-state index in [1.165, 1.54) is 13.2 Å². The van der Waals surface area contributed by atoms with Gasteiger partial charge in [0.25, 0.3) is 0 Å². The number of carboxylic acid groups (broad SMARTS) is 1. The van der Waals surface area contributed by atoms with Crippen LogP contribution in [0.5, 0.6) is 5.75 Å². The maximum Gasteiger partial charge on any atom is 0.335 e. The summed E-state index contributed by atoms with van der Waals surface area (Å²) in [6.07, 6.45) is 3.80. The van der Waals surface area contributed by atoms with Crippen molar-refractivity contribution in [2.45, 2.75) is 0 Å². The zero-order chi connectivity index (χ0) is 13.7. The highest BCUT2D eigenvalue weighted by Crippen LogP contribution is 2.19. The second kappa shape index (κ2) is 5.87. The average Bonchev–Trinajstić information content (AvgIpc) is 2.45. The van der Waals surface area contributed by atoms with Gasteiger partial charge in [-0.2, -0.15) is 0 Å². The van der Waals surface area contributed by atoms with Gasteiger partial charge in [0.2, 0.25) is 0 Å². The van der Waals surface area contributed by atoms with Crippen LogP contribution in [0.1, 0.15) is 21.5 Å². The summed E-state index contributed by atoms with van der Waals surface area (Å²) in [6.45, 7) is 0. The van der Waals surface area contributed by atoms with Gasteiger partial charge in [-0.05, 0) is 29.3 Å². The minimum atomic E-state index is -0.965. The molecule has 0 aliphatic heterocycles. The highest BCUT2D eigenvalue weighted by Gasteiger charge is 2.05. The fraction of sp³-hybridized carbons (Fsp3) is 0.0625. The van der Waals surface area contributed by atoms with E-state index in [1.807, 2.05) is 42.5 Å². The molecule has 0 spiro atoms. The molecule has 0 saturated carbocycles. The van der Waals surface area contributed by atoms with Crippen LogP contribution in [0, 0.1) is 0 Å². The van der Waals surface area contributed by atoms with E-state index in [-0.39, 0.29) is 5.56 Å². The van der Waals surface area contributed by atoms with Gasteiger partial charge in [-0.3, -0.25) is 0 Å². The van der Waals surface area contributed by atoms with Gasteiger partial charge in [0, 0.05) is 0 Å². The molecule has 1 N–H and O–H groups in total. The SMILES string of the molecule is COc1cc(C=Cc2ccccc2)cc(C(=O)O)c1. The molecule has 0 radical (unpaired) electrons. The van der Waals surface area contributed by atoms with Crippen molar-refractivity contribution in [3.63, 3.8) is 0 Å². The fourth-order valence-electron chi connectivity index (χ4n) is 1.72. The molecule has 3 heteroatoms. The van der Waals surface area contributed by atoms with E-state index in [2.05, 4.69) is 0 Å². The van der Waals surface area contributed by atoms with Gasteiger partial charge in [-0.15, -0.1) is 0 Å². The fourth-order valence-corrected chi connectivity index (χ4v) is 1.72. The number of hydrogen-bond donors (Lipinski definition) is 1. The molecular weight excluding hydrogens is 240 g/mol. The second-order valence-corrected chi connectivity index (χ2v) is 4.04. The molecule has 0 fully saturated rings. The predicted molar refractivity (Wildman–Crippen MR) is 75.3 cm³/mol. The van der Waals surface area contributed by atoms with Crippen molar-refractivity contribution in [2.24, 2.45) is 0 Å². The van der Waals surface area contributed by atoms with Crippen LogP contribution in [0.25, 0.3) is 12.2 Å². The Labute approximate surface area is 111 Å². The van der Waals surface area contributed by atoms with E-state index in [9.17, 15) is 4.79 Å². The lowest BCUT2D eigenvalue weighted by Gasteiger charge is -2.04. The summed E-state index contributed by atoms with van der Waals surface area (Å²) >= 11 is 0. The molecule has 0 unspecified atom stereocenters. The van der Waals surface area contributed by atoms with Crippen molar-refractivity contribution >= 4 is 18.1 Å². The summed E-state index contributed by atoms with van der Waals surface area (Å²) in [5.41, 5.74) is 2.06. The first kappa shape index (κ1) is 12.9. The Kier molecular flexibility index (Phi) is 3.98. The van der Waals surface area contributed by atoms with Crippen LogP contribution in [0.3, 0.4) is 0 Å². The van der Waals surface area contributed by atoms with Crippen LogP contribution in [0.15, 0.2) is 48.5 Å². The summed E-state index contributed by atoms with van der Waals surface area (Å²) < 4.78 is 5.10. The van der Waals surface area contributed by atoms with Crippen molar-refractivity contribution in [1.82, 2.24) is 0 Å². The standard InChI is InChI=1S/C16H14O3/c1-19-15-10-13(9-14(11-15)16(17)18)8-7-12-5-3-2-4-6-12/h2-11H,1H3,(H,17,18). The van der Waals surface area contributed by atoms with E-state index in [0.29, 0.717) is 5.75 Å². The van der Waals surface area contributed by atoms with E-state index in [0.717, 1.165) is 11.1 Å². The van der Waals surface area contributed by atoms with Crippen molar-refractivity contribution < 1.29 is 14.6 Å². The van der Waals surface area contributed by atoms with E-state index < -0.39 is 5.97 Å². The molecular formula is C16H14O3. The number of hydrogen-bond acceptors (Lipinski definition) is 2. The molecule has 2 aromatic rings. The lowest BCUT2D eigenvalue weighted by molar-refractivity contribution is 0.0696. The number of ether oxygens (including phenoxy) is 1. The third-order valence-corrected chi connectivity index (χ3v) is 2.68. The molecule has 0 bridgehead atoms. The van der Waals surface area contributed by atoms with E-state index >= 15 is 0 Å². The average molecular weight is 254 g/mol. The van der Waals surface area contributed by atoms with Gasteiger partial charge < -0.3 is 9.84 Å². The summed E-state index contributed by atoms with van der Waals surface area (Å²) in [5, 5.41) is 9.03. The number of benzene rings is 2.